The Kier molecular flexibility index (Phi) is 7.00. The Hall–Kier alpha value is -2.95. The third-order valence-electron chi connectivity index (χ3n) is 7.70. The fraction of sp³-hybridized carbons (Fsp3) is 0.429. The molecule has 5 rings (SSSR count). The SMILES string of the molecule is CC1CCC(c2ccccc2)S(=O)(=O)N1Cc1cc(F)c([C@]2(COc3cnccn3)C[C@](C)(O)C2)cc1F. The van der Waals surface area contributed by atoms with Crippen LogP contribution in [-0.2, 0) is 22.0 Å². The molecule has 2 aromatic carbocycles. The summed E-state index contributed by atoms with van der Waals surface area (Å²) in [7, 11) is -3.80. The minimum Gasteiger partial charge on any atom is -0.476 e. The van der Waals surface area contributed by atoms with E-state index in [2.05, 4.69) is 9.97 Å². The van der Waals surface area contributed by atoms with Crippen molar-refractivity contribution in [1.82, 2.24) is 14.3 Å². The average molecular weight is 544 g/mol. The average Bonchev–Trinajstić information content (AvgIpc) is 2.86. The fourth-order valence-corrected chi connectivity index (χ4v) is 8.17. The van der Waals surface area contributed by atoms with Gasteiger partial charge in [0.25, 0.3) is 0 Å². The van der Waals surface area contributed by atoms with Gasteiger partial charge in [-0.3, -0.25) is 4.98 Å². The van der Waals surface area contributed by atoms with Crippen molar-refractivity contribution in [1.29, 1.82) is 0 Å². The first kappa shape index (κ1) is 26.6. The van der Waals surface area contributed by atoms with E-state index in [9.17, 15) is 13.5 Å². The molecule has 2 heterocycles. The minimum atomic E-state index is -3.80. The van der Waals surface area contributed by atoms with Crippen molar-refractivity contribution in [3.05, 3.63) is 89.4 Å². The minimum absolute atomic E-state index is 0.0200. The van der Waals surface area contributed by atoms with Gasteiger partial charge < -0.3 is 9.84 Å². The molecule has 202 valence electrons. The van der Waals surface area contributed by atoms with Crippen molar-refractivity contribution in [2.24, 2.45) is 0 Å². The molecule has 0 bridgehead atoms. The molecule has 7 nitrogen and oxygen atoms in total. The van der Waals surface area contributed by atoms with Crippen LogP contribution in [0, 0.1) is 11.6 Å². The molecule has 38 heavy (non-hydrogen) atoms. The number of aromatic nitrogens is 2. The first-order valence-corrected chi connectivity index (χ1v) is 14.2. The Labute approximate surface area is 221 Å². The van der Waals surface area contributed by atoms with E-state index in [0.29, 0.717) is 18.4 Å². The highest BCUT2D eigenvalue weighted by molar-refractivity contribution is 7.89. The van der Waals surface area contributed by atoms with E-state index in [-0.39, 0.29) is 49.0 Å². The Bertz CT molecular complexity index is 1400. The highest BCUT2D eigenvalue weighted by atomic mass is 32.2. The van der Waals surface area contributed by atoms with Crippen LogP contribution in [0.5, 0.6) is 5.88 Å². The molecule has 2 atom stereocenters. The molecule has 1 aromatic heterocycles. The van der Waals surface area contributed by atoms with Gasteiger partial charge in [0.15, 0.2) is 0 Å². The highest BCUT2D eigenvalue weighted by Crippen LogP contribution is 2.51. The van der Waals surface area contributed by atoms with Gasteiger partial charge in [0, 0.05) is 41.5 Å². The lowest BCUT2D eigenvalue weighted by Gasteiger charge is -2.51. The van der Waals surface area contributed by atoms with Crippen molar-refractivity contribution in [2.75, 3.05) is 6.61 Å². The second-order valence-corrected chi connectivity index (χ2v) is 12.9. The van der Waals surface area contributed by atoms with Crippen LogP contribution in [0.2, 0.25) is 0 Å². The molecule has 2 fully saturated rings. The molecule has 2 aliphatic rings. The van der Waals surface area contributed by atoms with E-state index in [1.165, 1.54) is 22.9 Å². The second-order valence-electron chi connectivity index (χ2n) is 10.8. The lowest BCUT2D eigenvalue weighted by atomic mass is 9.57. The maximum atomic E-state index is 15.6. The van der Waals surface area contributed by atoms with Gasteiger partial charge in [-0.1, -0.05) is 30.3 Å². The van der Waals surface area contributed by atoms with Gasteiger partial charge in [0.1, 0.15) is 16.9 Å². The van der Waals surface area contributed by atoms with Crippen LogP contribution < -0.4 is 4.74 Å². The Morgan fingerprint density at radius 2 is 1.84 bits per heavy atom. The summed E-state index contributed by atoms with van der Waals surface area (Å²) in [6, 6.07) is 10.8. The van der Waals surface area contributed by atoms with Crippen LogP contribution in [-0.4, -0.2) is 46.0 Å². The number of aliphatic hydroxyl groups is 1. The molecule has 10 heteroatoms. The van der Waals surface area contributed by atoms with Crippen LogP contribution in [0.4, 0.5) is 8.78 Å². The number of ether oxygens (including phenoxy) is 1. The van der Waals surface area contributed by atoms with Crippen molar-refractivity contribution in [3.8, 4) is 5.88 Å². The lowest BCUT2D eigenvalue weighted by Crippen LogP contribution is -2.56. The molecule has 3 aromatic rings. The standard InChI is InChI=1S/C28H31F2N3O4S/c1-19-8-9-25(20-6-4-3-5-7-20)38(35,36)33(19)15-21-12-24(30)22(13-23(21)29)28(16-27(2,34)17-28)18-37-26-14-31-10-11-32-26/h3-7,10-14,19,25,34H,8-9,15-18H2,1-2H3/t19?,25?,27-,28+. The molecule has 1 saturated heterocycles. The number of halogens is 2. The third kappa shape index (κ3) is 5.04. The summed E-state index contributed by atoms with van der Waals surface area (Å²) in [5.41, 5.74) is -1.27. The summed E-state index contributed by atoms with van der Waals surface area (Å²) in [5, 5.41) is 9.74. The number of benzene rings is 2. The largest absolute Gasteiger partial charge is 0.476 e. The number of hydrogen-bond donors (Lipinski definition) is 1. The topological polar surface area (TPSA) is 92.6 Å². The van der Waals surface area contributed by atoms with Gasteiger partial charge in [-0.2, -0.15) is 4.31 Å². The van der Waals surface area contributed by atoms with E-state index in [1.54, 1.807) is 38.1 Å². The van der Waals surface area contributed by atoms with Crippen LogP contribution in [0.1, 0.15) is 61.5 Å². The van der Waals surface area contributed by atoms with E-state index in [4.69, 9.17) is 4.74 Å². The highest BCUT2D eigenvalue weighted by Gasteiger charge is 2.54. The van der Waals surface area contributed by atoms with Crippen LogP contribution in [0.15, 0.2) is 61.1 Å². The number of nitrogens with zero attached hydrogens (tertiary/aromatic N) is 3. The molecule has 1 N–H and O–H groups in total. The quantitative estimate of drug-likeness (QED) is 0.466. The number of hydrogen-bond acceptors (Lipinski definition) is 6. The summed E-state index contributed by atoms with van der Waals surface area (Å²) in [4.78, 5) is 8.01. The van der Waals surface area contributed by atoms with E-state index in [1.807, 2.05) is 6.07 Å². The van der Waals surface area contributed by atoms with Gasteiger partial charge in [0.05, 0.1) is 18.4 Å². The van der Waals surface area contributed by atoms with E-state index < -0.39 is 37.9 Å². The van der Waals surface area contributed by atoms with Gasteiger partial charge >= 0.3 is 0 Å². The molecule has 1 aliphatic heterocycles. The fourth-order valence-electron chi connectivity index (χ4n) is 5.98. The van der Waals surface area contributed by atoms with Gasteiger partial charge in [0.2, 0.25) is 15.9 Å². The number of rotatable bonds is 7. The van der Waals surface area contributed by atoms with Crippen LogP contribution in [0.3, 0.4) is 0 Å². The van der Waals surface area contributed by atoms with Crippen molar-refractivity contribution >= 4 is 10.0 Å². The molecule has 0 amide bonds. The molecule has 1 aliphatic carbocycles. The molecular weight excluding hydrogens is 512 g/mol. The molecule has 0 spiro atoms. The predicted molar refractivity (Wildman–Crippen MR) is 138 cm³/mol. The normalized spacial score (nSPS) is 29.0. The summed E-state index contributed by atoms with van der Waals surface area (Å²) in [6.07, 6.45) is 5.81. The van der Waals surface area contributed by atoms with Crippen LogP contribution in [0.25, 0.3) is 0 Å². The molecular formula is C28H31F2N3O4S. The first-order valence-electron chi connectivity index (χ1n) is 12.7. The second kappa shape index (κ2) is 9.98. The molecule has 1 saturated carbocycles. The first-order chi connectivity index (χ1) is 18.0. The Balaban J connectivity index is 1.42. The smallest absolute Gasteiger partial charge is 0.232 e. The zero-order valence-corrected chi connectivity index (χ0v) is 22.2. The van der Waals surface area contributed by atoms with E-state index >= 15 is 8.78 Å². The monoisotopic (exact) mass is 543 g/mol. The van der Waals surface area contributed by atoms with Crippen LogP contribution >= 0.6 is 0 Å². The third-order valence-corrected chi connectivity index (χ3v) is 10.1. The van der Waals surface area contributed by atoms with Crippen molar-refractivity contribution in [2.45, 2.75) is 68.4 Å². The zero-order chi connectivity index (χ0) is 27.1. The van der Waals surface area contributed by atoms with Gasteiger partial charge in [-0.25, -0.2) is 22.2 Å². The summed E-state index contributed by atoms with van der Waals surface area (Å²) in [6.45, 7) is 3.14. The van der Waals surface area contributed by atoms with Gasteiger partial charge in [-0.15, -0.1) is 0 Å². The van der Waals surface area contributed by atoms with Crippen molar-refractivity contribution in [3.63, 3.8) is 0 Å². The lowest BCUT2D eigenvalue weighted by molar-refractivity contribution is -0.0913. The number of sulfonamides is 1. The maximum Gasteiger partial charge on any atom is 0.232 e. The maximum absolute atomic E-state index is 15.6. The summed E-state index contributed by atoms with van der Waals surface area (Å²) < 4.78 is 65.3. The summed E-state index contributed by atoms with van der Waals surface area (Å²) in [5.74, 6) is -1.12. The van der Waals surface area contributed by atoms with Gasteiger partial charge in [-0.05, 0) is 57.2 Å². The molecule has 0 radical (unpaired) electrons. The van der Waals surface area contributed by atoms with Crippen molar-refractivity contribution < 1.29 is 27.0 Å². The van der Waals surface area contributed by atoms with E-state index in [0.717, 1.165) is 12.1 Å². The Morgan fingerprint density at radius 1 is 1.11 bits per heavy atom. The Morgan fingerprint density at radius 3 is 2.50 bits per heavy atom. The summed E-state index contributed by atoms with van der Waals surface area (Å²) >= 11 is 0. The molecule has 2 unspecified atom stereocenters. The zero-order valence-electron chi connectivity index (χ0n) is 21.3. The predicted octanol–water partition coefficient (Wildman–Crippen LogP) is 4.67.